The number of hydrogen-bond donors (Lipinski definition) is 1. The van der Waals surface area contributed by atoms with E-state index in [1.165, 1.54) is 9.36 Å². The molecule has 8 nitrogen and oxygen atoms in total. The molecule has 0 fully saturated rings. The molecule has 0 spiro atoms. The summed E-state index contributed by atoms with van der Waals surface area (Å²) < 4.78 is 4.56. The number of nitrogens with zero attached hydrogens (tertiary/aromatic N) is 4. The molecule has 0 saturated carbocycles. The number of nitrogens with one attached hydrogen (secondary N) is 1. The van der Waals surface area contributed by atoms with Crippen LogP contribution in [0.5, 0.6) is 0 Å². The molecule has 0 aliphatic heterocycles. The van der Waals surface area contributed by atoms with Crippen molar-refractivity contribution >= 4 is 22.4 Å². The highest BCUT2D eigenvalue weighted by molar-refractivity contribution is 6.11. The summed E-state index contributed by atoms with van der Waals surface area (Å²) in [6.07, 6.45) is 2.77. The first-order valence-electron chi connectivity index (χ1n) is 11.1. The van der Waals surface area contributed by atoms with E-state index in [0.717, 1.165) is 19.3 Å². The topological polar surface area (TPSA) is 90.9 Å². The van der Waals surface area contributed by atoms with Crippen molar-refractivity contribution in [3.63, 3.8) is 0 Å². The van der Waals surface area contributed by atoms with E-state index in [1.807, 2.05) is 30.3 Å². The van der Waals surface area contributed by atoms with Crippen molar-refractivity contribution < 1.29 is 4.79 Å². The first-order valence-corrected chi connectivity index (χ1v) is 11.1. The fourth-order valence-electron chi connectivity index (χ4n) is 3.95. The maximum Gasteiger partial charge on any atom is 0.295 e. The number of unbranched alkanes of at least 4 members (excludes halogenated alkanes) is 2. The molecule has 0 unspecified atom stereocenters. The monoisotopic (exact) mass is 445 g/mol. The van der Waals surface area contributed by atoms with Gasteiger partial charge in [0.15, 0.2) is 5.69 Å². The van der Waals surface area contributed by atoms with Gasteiger partial charge in [-0.05, 0) is 31.5 Å². The summed E-state index contributed by atoms with van der Waals surface area (Å²) in [5.74, 6) is -0.526. The maximum absolute atomic E-state index is 13.3. The van der Waals surface area contributed by atoms with Crippen LogP contribution in [0, 0.1) is 6.92 Å². The lowest BCUT2D eigenvalue weighted by Crippen LogP contribution is -2.29. The minimum absolute atomic E-state index is 0.121. The van der Waals surface area contributed by atoms with E-state index >= 15 is 0 Å². The Morgan fingerprint density at radius 2 is 1.61 bits per heavy atom. The first-order chi connectivity index (χ1) is 15.9. The lowest BCUT2D eigenvalue weighted by atomic mass is 10.1. The van der Waals surface area contributed by atoms with E-state index in [1.54, 1.807) is 42.9 Å². The van der Waals surface area contributed by atoms with Crippen LogP contribution in [0.25, 0.3) is 16.5 Å². The standard InChI is InChI=1S/C25H27N5O3/c1-4-5-11-16-29-24(32)20-15-10-9-14-19(20)22(27-29)23(31)26-21-17(2)28(3)30(25(21)33)18-12-7-6-8-13-18/h6-10,12-15H,4-5,11,16H2,1-3H3,(H,26,31). The summed E-state index contributed by atoms with van der Waals surface area (Å²) in [5.41, 5.74) is 1.05. The van der Waals surface area contributed by atoms with Gasteiger partial charge in [0.2, 0.25) is 0 Å². The van der Waals surface area contributed by atoms with Crippen molar-refractivity contribution in [2.45, 2.75) is 39.7 Å². The predicted octanol–water partition coefficient (Wildman–Crippen LogP) is 3.64. The lowest BCUT2D eigenvalue weighted by Gasteiger charge is -2.11. The summed E-state index contributed by atoms with van der Waals surface area (Å²) >= 11 is 0. The second-order valence-corrected chi connectivity index (χ2v) is 8.02. The number of amides is 1. The molecule has 0 radical (unpaired) electrons. The average molecular weight is 446 g/mol. The zero-order chi connectivity index (χ0) is 23.5. The van der Waals surface area contributed by atoms with Crippen molar-refractivity contribution in [3.8, 4) is 5.69 Å². The fraction of sp³-hybridized carbons (Fsp3) is 0.280. The molecule has 8 heteroatoms. The highest BCUT2D eigenvalue weighted by Gasteiger charge is 2.22. The summed E-state index contributed by atoms with van der Waals surface area (Å²) in [6, 6.07) is 16.2. The number of fused-ring (bicyclic) bond motifs is 1. The Kier molecular flexibility index (Phi) is 6.26. The molecule has 4 rings (SSSR count). The molecule has 0 bridgehead atoms. The molecule has 0 aliphatic carbocycles. The van der Waals surface area contributed by atoms with Crippen LogP contribution in [0.15, 0.2) is 64.2 Å². The third-order valence-electron chi connectivity index (χ3n) is 5.85. The van der Waals surface area contributed by atoms with Gasteiger partial charge in [-0.3, -0.25) is 19.1 Å². The summed E-state index contributed by atoms with van der Waals surface area (Å²) in [6.45, 7) is 4.29. The fourth-order valence-corrected chi connectivity index (χ4v) is 3.95. The molecular formula is C25H27N5O3. The quantitative estimate of drug-likeness (QED) is 0.440. The van der Waals surface area contributed by atoms with E-state index in [0.29, 0.717) is 28.7 Å². The molecule has 0 saturated heterocycles. The molecule has 0 aliphatic rings. The van der Waals surface area contributed by atoms with Crippen LogP contribution in [0.1, 0.15) is 42.4 Å². The van der Waals surface area contributed by atoms with E-state index in [2.05, 4.69) is 17.3 Å². The van der Waals surface area contributed by atoms with Crippen molar-refractivity contribution in [2.24, 2.45) is 7.05 Å². The maximum atomic E-state index is 13.3. The summed E-state index contributed by atoms with van der Waals surface area (Å²) in [5, 5.41) is 8.05. The van der Waals surface area contributed by atoms with E-state index in [-0.39, 0.29) is 22.5 Å². The Bertz CT molecular complexity index is 1430. The van der Waals surface area contributed by atoms with E-state index in [4.69, 9.17) is 0 Å². The molecule has 170 valence electrons. The van der Waals surface area contributed by atoms with Gasteiger partial charge in [0.25, 0.3) is 17.0 Å². The first kappa shape index (κ1) is 22.3. The number of carbonyl (C=O) groups is 1. The third-order valence-corrected chi connectivity index (χ3v) is 5.85. The van der Waals surface area contributed by atoms with Crippen LogP contribution >= 0.6 is 0 Å². The number of carbonyl (C=O) groups excluding carboxylic acids is 1. The van der Waals surface area contributed by atoms with Gasteiger partial charge in [0, 0.05) is 19.0 Å². The van der Waals surface area contributed by atoms with Crippen LogP contribution in [0.3, 0.4) is 0 Å². The van der Waals surface area contributed by atoms with Crippen LogP contribution in [0.2, 0.25) is 0 Å². The molecule has 33 heavy (non-hydrogen) atoms. The molecule has 0 atom stereocenters. The molecule has 1 N–H and O–H groups in total. The second-order valence-electron chi connectivity index (χ2n) is 8.02. The molecule has 2 heterocycles. The third kappa shape index (κ3) is 4.11. The Hall–Kier alpha value is -3.94. The zero-order valence-electron chi connectivity index (χ0n) is 19.0. The Morgan fingerprint density at radius 1 is 0.939 bits per heavy atom. The largest absolute Gasteiger partial charge is 0.314 e. The minimum atomic E-state index is -0.526. The molecule has 2 aromatic carbocycles. The number of anilines is 1. The Balaban J connectivity index is 1.77. The summed E-state index contributed by atoms with van der Waals surface area (Å²) in [7, 11) is 1.76. The highest BCUT2D eigenvalue weighted by atomic mass is 16.2. The van der Waals surface area contributed by atoms with Crippen LogP contribution < -0.4 is 16.4 Å². The average Bonchev–Trinajstić information content (AvgIpc) is 3.04. The summed E-state index contributed by atoms with van der Waals surface area (Å²) in [4.78, 5) is 39.4. The second kappa shape index (κ2) is 9.28. The molecule has 2 aromatic heterocycles. The van der Waals surface area contributed by atoms with Crippen molar-refractivity contribution in [2.75, 3.05) is 5.32 Å². The predicted molar refractivity (Wildman–Crippen MR) is 129 cm³/mol. The Morgan fingerprint density at radius 3 is 2.30 bits per heavy atom. The van der Waals surface area contributed by atoms with Crippen LogP contribution in [-0.2, 0) is 13.6 Å². The number of aromatic nitrogens is 4. The highest BCUT2D eigenvalue weighted by Crippen LogP contribution is 2.18. The zero-order valence-corrected chi connectivity index (χ0v) is 19.0. The normalized spacial score (nSPS) is 11.1. The van der Waals surface area contributed by atoms with Crippen molar-refractivity contribution in [1.82, 2.24) is 19.1 Å². The number of para-hydroxylation sites is 1. The van der Waals surface area contributed by atoms with Gasteiger partial charge in [-0.1, -0.05) is 56.2 Å². The SMILES string of the molecule is CCCCCn1nc(C(=O)Nc2c(C)n(C)n(-c3ccccc3)c2=O)c2ccccc2c1=O. The number of benzene rings is 2. The molecular weight excluding hydrogens is 418 g/mol. The number of aryl methyl sites for hydroxylation is 1. The van der Waals surface area contributed by atoms with Gasteiger partial charge in [0.1, 0.15) is 5.69 Å². The lowest BCUT2D eigenvalue weighted by molar-refractivity contribution is 0.102. The van der Waals surface area contributed by atoms with E-state index < -0.39 is 5.91 Å². The van der Waals surface area contributed by atoms with Gasteiger partial charge in [-0.15, -0.1) is 0 Å². The van der Waals surface area contributed by atoms with Gasteiger partial charge in [0.05, 0.1) is 16.8 Å². The molecule has 4 aromatic rings. The van der Waals surface area contributed by atoms with Crippen molar-refractivity contribution in [1.29, 1.82) is 0 Å². The smallest absolute Gasteiger partial charge is 0.295 e. The Labute approximate surface area is 191 Å². The van der Waals surface area contributed by atoms with Crippen LogP contribution in [0.4, 0.5) is 5.69 Å². The van der Waals surface area contributed by atoms with Crippen LogP contribution in [-0.4, -0.2) is 25.1 Å². The number of hydrogen-bond acceptors (Lipinski definition) is 4. The molecule has 1 amide bonds. The van der Waals surface area contributed by atoms with Gasteiger partial charge >= 0.3 is 0 Å². The van der Waals surface area contributed by atoms with E-state index in [9.17, 15) is 14.4 Å². The number of rotatable bonds is 7. The van der Waals surface area contributed by atoms with Gasteiger partial charge < -0.3 is 5.32 Å². The van der Waals surface area contributed by atoms with Crippen molar-refractivity contribution in [3.05, 3.63) is 86.7 Å². The van der Waals surface area contributed by atoms with Gasteiger partial charge in [-0.25, -0.2) is 9.36 Å². The van der Waals surface area contributed by atoms with Gasteiger partial charge in [-0.2, -0.15) is 5.10 Å². The minimum Gasteiger partial charge on any atom is -0.314 e.